The zero-order chi connectivity index (χ0) is 24.8. The van der Waals surface area contributed by atoms with Crippen LogP contribution < -0.4 is 15.4 Å². The van der Waals surface area contributed by atoms with Crippen molar-refractivity contribution in [3.63, 3.8) is 0 Å². The van der Waals surface area contributed by atoms with Crippen LogP contribution in [0.5, 0.6) is 5.75 Å². The van der Waals surface area contributed by atoms with Gasteiger partial charge in [0.15, 0.2) is 0 Å². The van der Waals surface area contributed by atoms with E-state index in [-0.39, 0.29) is 11.3 Å². The maximum atomic E-state index is 12.3. The second-order valence-electron chi connectivity index (χ2n) is 8.68. The van der Waals surface area contributed by atoms with Crippen LogP contribution in [0.1, 0.15) is 36.7 Å². The molecule has 0 saturated carbocycles. The van der Waals surface area contributed by atoms with Crippen molar-refractivity contribution in [2.24, 2.45) is 0 Å². The van der Waals surface area contributed by atoms with Crippen LogP contribution in [0.25, 0.3) is 0 Å². The van der Waals surface area contributed by atoms with Gasteiger partial charge < -0.3 is 24.6 Å². The maximum absolute atomic E-state index is 12.3. The maximum Gasteiger partial charge on any atom is 0.412 e. The van der Waals surface area contributed by atoms with Crippen LogP contribution in [0.15, 0.2) is 36.4 Å². The van der Waals surface area contributed by atoms with Gasteiger partial charge in [0, 0.05) is 23.9 Å². The quantitative estimate of drug-likeness (QED) is 0.402. The normalized spacial score (nSPS) is 12.2. The molecule has 180 valence electrons. The standard InChI is InChI=1S/C24H33N3O6/c1-24(2,3)33-23(30)26-19-11-10-16(13-18(19)22(29)32-7)25-17-9-8-15(20(14-17)31-6)12-21(28)27(4)5/h8-11,13-14,21,25,28H,12H2,1-7H3,(H,26,30). The number of nitrogens with one attached hydrogen (secondary N) is 2. The fourth-order valence-electron chi connectivity index (χ4n) is 2.96. The minimum Gasteiger partial charge on any atom is -0.496 e. The molecule has 0 aliphatic carbocycles. The van der Waals surface area contributed by atoms with Gasteiger partial charge in [0.1, 0.15) is 17.6 Å². The average Bonchev–Trinajstić information content (AvgIpc) is 2.73. The van der Waals surface area contributed by atoms with E-state index >= 15 is 0 Å². The molecule has 1 atom stereocenters. The monoisotopic (exact) mass is 459 g/mol. The second kappa shape index (κ2) is 11.0. The second-order valence-corrected chi connectivity index (χ2v) is 8.68. The van der Waals surface area contributed by atoms with Crippen LogP contribution in [-0.2, 0) is 15.9 Å². The van der Waals surface area contributed by atoms with E-state index in [2.05, 4.69) is 10.6 Å². The molecule has 2 aromatic rings. The first kappa shape index (κ1) is 26.0. The van der Waals surface area contributed by atoms with Crippen molar-refractivity contribution in [3.05, 3.63) is 47.5 Å². The van der Waals surface area contributed by atoms with Crippen LogP contribution in [-0.4, -0.2) is 62.2 Å². The summed E-state index contributed by atoms with van der Waals surface area (Å²) in [5, 5.41) is 15.9. The van der Waals surface area contributed by atoms with E-state index in [0.29, 0.717) is 17.9 Å². The number of hydrogen-bond acceptors (Lipinski definition) is 8. The summed E-state index contributed by atoms with van der Waals surface area (Å²) in [6, 6.07) is 10.4. The van der Waals surface area contributed by atoms with Crippen LogP contribution in [0.3, 0.4) is 0 Å². The minimum atomic E-state index is -0.676. The third-order valence-electron chi connectivity index (χ3n) is 4.63. The van der Waals surface area contributed by atoms with Crippen molar-refractivity contribution in [2.75, 3.05) is 38.9 Å². The molecule has 9 heteroatoms. The highest BCUT2D eigenvalue weighted by Crippen LogP contribution is 2.29. The fraction of sp³-hybridized carbons (Fsp3) is 0.417. The van der Waals surface area contributed by atoms with Crippen molar-refractivity contribution >= 4 is 29.1 Å². The van der Waals surface area contributed by atoms with Crippen LogP contribution in [0.2, 0.25) is 0 Å². The molecule has 0 radical (unpaired) electrons. The number of likely N-dealkylation sites (N-methyl/N-ethyl adjacent to an activating group) is 1. The summed E-state index contributed by atoms with van der Waals surface area (Å²) in [6.45, 7) is 5.25. The molecule has 0 spiro atoms. The Morgan fingerprint density at radius 2 is 1.70 bits per heavy atom. The van der Waals surface area contributed by atoms with Crippen molar-refractivity contribution in [2.45, 2.75) is 39.0 Å². The number of aliphatic hydroxyl groups is 1. The van der Waals surface area contributed by atoms with Crippen LogP contribution >= 0.6 is 0 Å². The van der Waals surface area contributed by atoms with Gasteiger partial charge in [-0.1, -0.05) is 6.07 Å². The van der Waals surface area contributed by atoms with Gasteiger partial charge in [-0.3, -0.25) is 10.2 Å². The summed E-state index contributed by atoms with van der Waals surface area (Å²) in [5.41, 5.74) is 1.95. The summed E-state index contributed by atoms with van der Waals surface area (Å²) < 4.78 is 15.6. The molecule has 9 nitrogen and oxygen atoms in total. The number of aliphatic hydroxyl groups excluding tert-OH is 1. The molecular formula is C24H33N3O6. The SMILES string of the molecule is COC(=O)c1cc(Nc2ccc(CC(O)N(C)C)c(OC)c2)ccc1NC(=O)OC(C)(C)C. The predicted octanol–water partition coefficient (Wildman–Crippen LogP) is 3.99. The third-order valence-corrected chi connectivity index (χ3v) is 4.63. The number of benzene rings is 2. The molecule has 0 aliphatic rings. The van der Waals surface area contributed by atoms with E-state index in [1.807, 2.05) is 18.2 Å². The van der Waals surface area contributed by atoms with Gasteiger partial charge in [0.2, 0.25) is 0 Å². The van der Waals surface area contributed by atoms with Gasteiger partial charge in [-0.15, -0.1) is 0 Å². The first-order valence-corrected chi connectivity index (χ1v) is 10.4. The smallest absolute Gasteiger partial charge is 0.412 e. The summed E-state index contributed by atoms with van der Waals surface area (Å²) >= 11 is 0. The number of anilines is 3. The molecule has 0 aromatic heterocycles. The number of esters is 1. The molecule has 0 fully saturated rings. The first-order valence-electron chi connectivity index (χ1n) is 10.4. The molecule has 0 aliphatic heterocycles. The topological polar surface area (TPSA) is 109 Å². The Kier molecular flexibility index (Phi) is 8.67. The molecule has 0 heterocycles. The largest absolute Gasteiger partial charge is 0.496 e. The van der Waals surface area contributed by atoms with E-state index in [1.54, 1.807) is 65.1 Å². The van der Waals surface area contributed by atoms with Crippen molar-refractivity contribution in [1.82, 2.24) is 4.90 Å². The summed E-state index contributed by atoms with van der Waals surface area (Å²) in [6.07, 6.45) is -0.896. The highest BCUT2D eigenvalue weighted by Gasteiger charge is 2.20. The molecule has 2 rings (SSSR count). The third kappa shape index (κ3) is 7.65. The Morgan fingerprint density at radius 1 is 1.06 bits per heavy atom. The molecule has 3 N–H and O–H groups in total. The fourth-order valence-corrected chi connectivity index (χ4v) is 2.96. The number of nitrogens with zero attached hydrogens (tertiary/aromatic N) is 1. The molecule has 0 saturated heterocycles. The number of carbonyl (C=O) groups is 2. The van der Waals surface area contributed by atoms with Gasteiger partial charge in [-0.2, -0.15) is 0 Å². The average molecular weight is 460 g/mol. The molecule has 1 amide bonds. The molecule has 33 heavy (non-hydrogen) atoms. The first-order chi connectivity index (χ1) is 15.4. The lowest BCUT2D eigenvalue weighted by Gasteiger charge is -2.21. The lowest BCUT2D eigenvalue weighted by atomic mass is 10.1. The van der Waals surface area contributed by atoms with E-state index < -0.39 is 23.9 Å². The van der Waals surface area contributed by atoms with E-state index in [4.69, 9.17) is 14.2 Å². The molecular weight excluding hydrogens is 426 g/mol. The summed E-state index contributed by atoms with van der Waals surface area (Å²) in [7, 11) is 6.43. The Bertz CT molecular complexity index is 985. The number of carbonyl (C=O) groups excluding carboxylic acids is 2. The number of hydrogen-bond donors (Lipinski definition) is 3. The molecule has 2 aromatic carbocycles. The number of methoxy groups -OCH3 is 2. The minimum absolute atomic E-state index is 0.172. The summed E-state index contributed by atoms with van der Waals surface area (Å²) in [5.74, 6) is 0.0209. The number of amides is 1. The Balaban J connectivity index is 2.27. The Labute approximate surface area is 194 Å². The van der Waals surface area contributed by atoms with Crippen LogP contribution in [0.4, 0.5) is 21.9 Å². The van der Waals surface area contributed by atoms with Gasteiger partial charge >= 0.3 is 12.1 Å². The summed E-state index contributed by atoms with van der Waals surface area (Å²) in [4.78, 5) is 26.2. The van der Waals surface area contributed by atoms with Gasteiger partial charge in [0.25, 0.3) is 0 Å². The zero-order valence-corrected chi connectivity index (χ0v) is 20.2. The molecule has 1 unspecified atom stereocenters. The van der Waals surface area contributed by atoms with Gasteiger partial charge in [-0.05, 0) is 64.7 Å². The number of ether oxygens (including phenoxy) is 3. The highest BCUT2D eigenvalue weighted by molar-refractivity contribution is 6.00. The van der Waals surface area contributed by atoms with Crippen molar-refractivity contribution in [3.8, 4) is 5.75 Å². The Hall–Kier alpha value is -3.30. The number of rotatable bonds is 8. The predicted molar refractivity (Wildman–Crippen MR) is 127 cm³/mol. The van der Waals surface area contributed by atoms with E-state index in [1.165, 1.54) is 7.11 Å². The zero-order valence-electron chi connectivity index (χ0n) is 20.2. The Morgan fingerprint density at radius 3 is 2.27 bits per heavy atom. The van der Waals surface area contributed by atoms with Crippen LogP contribution in [0, 0.1) is 0 Å². The van der Waals surface area contributed by atoms with Gasteiger partial charge in [-0.25, -0.2) is 9.59 Å². The van der Waals surface area contributed by atoms with E-state index in [0.717, 1.165) is 11.3 Å². The lowest BCUT2D eigenvalue weighted by Crippen LogP contribution is -2.29. The molecule has 0 bridgehead atoms. The van der Waals surface area contributed by atoms with Crippen molar-refractivity contribution in [1.29, 1.82) is 0 Å². The van der Waals surface area contributed by atoms with E-state index in [9.17, 15) is 14.7 Å². The van der Waals surface area contributed by atoms with Crippen molar-refractivity contribution < 1.29 is 28.9 Å². The highest BCUT2D eigenvalue weighted by atomic mass is 16.6. The van der Waals surface area contributed by atoms with Gasteiger partial charge in [0.05, 0.1) is 25.5 Å². The lowest BCUT2D eigenvalue weighted by molar-refractivity contribution is 0.0408.